The van der Waals surface area contributed by atoms with Gasteiger partial charge in [0.05, 0.1) is 5.02 Å². The molecule has 0 atom stereocenters. The van der Waals surface area contributed by atoms with Crippen LogP contribution in [0.1, 0.15) is 5.56 Å². The molecule has 0 bridgehead atoms. The molecule has 0 aliphatic carbocycles. The fraction of sp³-hybridized carbons (Fsp3) is 0.143. The predicted octanol–water partition coefficient (Wildman–Crippen LogP) is 3.63. The van der Waals surface area contributed by atoms with Crippen LogP contribution in [-0.2, 0) is 6.61 Å². The van der Waals surface area contributed by atoms with Crippen molar-refractivity contribution in [2.75, 3.05) is 7.05 Å². The van der Waals surface area contributed by atoms with Gasteiger partial charge >= 0.3 is 0 Å². The molecule has 0 aliphatic rings. The lowest BCUT2D eigenvalue weighted by Crippen LogP contribution is -1.96. The van der Waals surface area contributed by atoms with E-state index in [-0.39, 0.29) is 5.82 Å². The summed E-state index contributed by atoms with van der Waals surface area (Å²) >= 11 is 5.92. The van der Waals surface area contributed by atoms with Crippen molar-refractivity contribution < 1.29 is 9.13 Å². The Kier molecular flexibility index (Phi) is 6.19. The third-order valence-electron chi connectivity index (χ3n) is 2.12. The molecule has 18 heavy (non-hydrogen) atoms. The molecular formula is C14H15ClFNO. The zero-order valence-electron chi connectivity index (χ0n) is 10.1. The summed E-state index contributed by atoms with van der Waals surface area (Å²) in [7, 11) is 1.50. The van der Waals surface area contributed by atoms with Gasteiger partial charge in [-0.15, -0.1) is 0 Å². The molecule has 0 amide bonds. The third-order valence-corrected chi connectivity index (χ3v) is 2.43. The van der Waals surface area contributed by atoms with Crippen molar-refractivity contribution in [1.82, 2.24) is 0 Å². The number of para-hydroxylation sites is 1. The van der Waals surface area contributed by atoms with Crippen LogP contribution >= 0.6 is 11.6 Å². The van der Waals surface area contributed by atoms with E-state index in [9.17, 15) is 4.39 Å². The van der Waals surface area contributed by atoms with Crippen molar-refractivity contribution >= 4 is 11.6 Å². The van der Waals surface area contributed by atoms with Gasteiger partial charge in [-0.05, 0) is 36.9 Å². The zero-order valence-corrected chi connectivity index (χ0v) is 10.8. The quantitative estimate of drug-likeness (QED) is 0.922. The first-order valence-electron chi connectivity index (χ1n) is 5.45. The molecule has 0 aliphatic heterocycles. The number of ether oxygens (including phenoxy) is 1. The van der Waals surface area contributed by atoms with Crippen molar-refractivity contribution in [2.24, 2.45) is 5.73 Å². The Bertz CT molecular complexity index is 491. The molecule has 2 aromatic rings. The largest absolute Gasteiger partial charge is 0.487 e. The molecular weight excluding hydrogens is 253 g/mol. The van der Waals surface area contributed by atoms with Crippen LogP contribution in [0.5, 0.6) is 5.75 Å². The molecule has 0 fully saturated rings. The Labute approximate surface area is 111 Å². The number of halogens is 2. The summed E-state index contributed by atoms with van der Waals surface area (Å²) in [5.41, 5.74) is 5.28. The first kappa shape index (κ1) is 14.5. The normalized spacial score (nSPS) is 9.33. The second-order valence-corrected chi connectivity index (χ2v) is 3.76. The van der Waals surface area contributed by atoms with Crippen LogP contribution in [0.3, 0.4) is 0 Å². The molecule has 2 aromatic carbocycles. The highest BCUT2D eigenvalue weighted by molar-refractivity contribution is 6.32. The lowest BCUT2D eigenvalue weighted by Gasteiger charge is -2.07. The van der Waals surface area contributed by atoms with E-state index in [1.54, 1.807) is 24.3 Å². The second kappa shape index (κ2) is 7.69. The highest BCUT2D eigenvalue weighted by Gasteiger charge is 2.00. The first-order valence-corrected chi connectivity index (χ1v) is 5.83. The Balaban J connectivity index is 0.000000771. The van der Waals surface area contributed by atoms with E-state index in [0.29, 0.717) is 17.4 Å². The average molecular weight is 268 g/mol. The maximum absolute atomic E-state index is 12.9. The highest BCUT2D eigenvalue weighted by atomic mass is 35.5. The maximum Gasteiger partial charge on any atom is 0.138 e. The number of hydrogen-bond acceptors (Lipinski definition) is 2. The molecule has 2 rings (SSSR count). The van der Waals surface area contributed by atoms with E-state index in [1.165, 1.54) is 19.2 Å². The van der Waals surface area contributed by atoms with Gasteiger partial charge in [0.2, 0.25) is 0 Å². The average Bonchev–Trinajstić information content (AvgIpc) is 2.40. The molecule has 0 unspecified atom stereocenters. The van der Waals surface area contributed by atoms with Crippen molar-refractivity contribution in [3.8, 4) is 5.75 Å². The smallest absolute Gasteiger partial charge is 0.138 e. The molecule has 0 saturated carbocycles. The summed E-state index contributed by atoms with van der Waals surface area (Å²) in [5, 5.41) is 0.555. The molecule has 2 N–H and O–H groups in total. The van der Waals surface area contributed by atoms with Gasteiger partial charge in [0.25, 0.3) is 0 Å². The van der Waals surface area contributed by atoms with Gasteiger partial charge < -0.3 is 10.5 Å². The van der Waals surface area contributed by atoms with Crippen molar-refractivity contribution in [1.29, 1.82) is 0 Å². The van der Waals surface area contributed by atoms with Gasteiger partial charge in [0.1, 0.15) is 18.2 Å². The Hall–Kier alpha value is -1.58. The van der Waals surface area contributed by atoms with E-state index in [0.717, 1.165) is 5.56 Å². The summed E-state index contributed by atoms with van der Waals surface area (Å²) in [6.07, 6.45) is 0. The molecule has 0 saturated heterocycles. The van der Waals surface area contributed by atoms with Gasteiger partial charge in [0.15, 0.2) is 0 Å². The van der Waals surface area contributed by atoms with Crippen LogP contribution in [0.2, 0.25) is 5.02 Å². The van der Waals surface area contributed by atoms with Gasteiger partial charge in [-0.1, -0.05) is 35.9 Å². The first-order chi connectivity index (χ1) is 8.75. The molecule has 4 heteroatoms. The number of nitrogens with two attached hydrogens (primary N) is 1. The van der Waals surface area contributed by atoms with E-state index in [2.05, 4.69) is 5.73 Å². The van der Waals surface area contributed by atoms with Crippen molar-refractivity contribution in [3.63, 3.8) is 0 Å². The minimum Gasteiger partial charge on any atom is -0.487 e. The fourth-order valence-electron chi connectivity index (χ4n) is 1.35. The third kappa shape index (κ3) is 4.35. The minimum absolute atomic E-state index is 0.264. The highest BCUT2D eigenvalue weighted by Crippen LogP contribution is 2.24. The summed E-state index contributed by atoms with van der Waals surface area (Å²) < 4.78 is 18.4. The zero-order chi connectivity index (χ0) is 13.4. The molecule has 0 radical (unpaired) electrons. The Morgan fingerprint density at radius 3 is 2.50 bits per heavy atom. The van der Waals surface area contributed by atoms with Crippen molar-refractivity contribution in [3.05, 3.63) is 64.9 Å². The molecule has 2 nitrogen and oxygen atoms in total. The second-order valence-electron chi connectivity index (χ2n) is 3.35. The van der Waals surface area contributed by atoms with Crippen LogP contribution < -0.4 is 10.5 Å². The summed E-state index contributed by atoms with van der Waals surface area (Å²) in [6, 6.07) is 13.5. The maximum atomic E-state index is 12.9. The Morgan fingerprint density at radius 1 is 1.11 bits per heavy atom. The summed E-state index contributed by atoms with van der Waals surface area (Å²) in [6.45, 7) is 0.307. The number of hydrogen-bond donors (Lipinski definition) is 1. The minimum atomic E-state index is -0.264. The van der Waals surface area contributed by atoms with Gasteiger partial charge in [0, 0.05) is 0 Å². The van der Waals surface area contributed by atoms with Gasteiger partial charge in [-0.2, -0.15) is 0 Å². The standard InChI is InChI=1S/C13H10ClFO.CH5N/c14-12-6-1-2-7-13(12)16-9-10-4-3-5-11(15)8-10;1-2/h1-8H,9H2;2H2,1H3. The van der Waals surface area contributed by atoms with Gasteiger partial charge in [-0.25, -0.2) is 4.39 Å². The molecule has 0 heterocycles. The van der Waals surface area contributed by atoms with Crippen LogP contribution in [-0.4, -0.2) is 7.05 Å². The van der Waals surface area contributed by atoms with E-state index >= 15 is 0 Å². The van der Waals surface area contributed by atoms with Crippen LogP contribution in [0.25, 0.3) is 0 Å². The fourth-order valence-corrected chi connectivity index (χ4v) is 1.54. The van der Waals surface area contributed by atoms with Crippen molar-refractivity contribution in [2.45, 2.75) is 6.61 Å². The number of rotatable bonds is 3. The topological polar surface area (TPSA) is 35.2 Å². The SMILES string of the molecule is CN.Fc1cccc(COc2ccccc2Cl)c1. The van der Waals surface area contributed by atoms with Crippen LogP contribution in [0, 0.1) is 5.82 Å². The van der Waals surface area contributed by atoms with Crippen LogP contribution in [0.15, 0.2) is 48.5 Å². The van der Waals surface area contributed by atoms with Gasteiger partial charge in [-0.3, -0.25) is 0 Å². The van der Waals surface area contributed by atoms with E-state index < -0.39 is 0 Å². The predicted molar refractivity (Wildman–Crippen MR) is 72.3 cm³/mol. The summed E-state index contributed by atoms with van der Waals surface area (Å²) in [4.78, 5) is 0. The Morgan fingerprint density at radius 2 is 1.83 bits per heavy atom. The number of benzene rings is 2. The molecule has 0 aromatic heterocycles. The molecule has 0 spiro atoms. The van der Waals surface area contributed by atoms with E-state index in [4.69, 9.17) is 16.3 Å². The van der Waals surface area contributed by atoms with Crippen LogP contribution in [0.4, 0.5) is 4.39 Å². The lowest BCUT2D eigenvalue weighted by atomic mass is 10.2. The van der Waals surface area contributed by atoms with E-state index in [1.807, 2.05) is 12.1 Å². The monoisotopic (exact) mass is 267 g/mol. The molecule has 96 valence electrons. The summed E-state index contributed by atoms with van der Waals surface area (Å²) in [5.74, 6) is 0.341. The lowest BCUT2D eigenvalue weighted by molar-refractivity contribution is 0.306.